The number of hydrogen-bond acceptors (Lipinski definition) is 6. The average Bonchev–Trinajstić information content (AvgIpc) is 3.28. The molecule has 30 heavy (non-hydrogen) atoms. The van der Waals surface area contributed by atoms with E-state index in [4.69, 9.17) is 26.2 Å². The SMILES string of the molecule is CCC(C)c1nc(SCCCC(=O)O)c(C(=O)O)n1Cc1cc2c(cc1Cl)OCO2. The molecule has 0 amide bonds. The number of fused-ring (bicyclic) bond motifs is 1. The van der Waals surface area contributed by atoms with E-state index in [-0.39, 0.29) is 31.4 Å². The van der Waals surface area contributed by atoms with Gasteiger partial charge in [0.15, 0.2) is 17.2 Å². The van der Waals surface area contributed by atoms with Crippen LogP contribution < -0.4 is 9.47 Å². The number of halogens is 1. The number of aliphatic carboxylic acids is 1. The maximum atomic E-state index is 12.1. The van der Waals surface area contributed by atoms with Crippen LogP contribution in [0.2, 0.25) is 5.02 Å². The summed E-state index contributed by atoms with van der Waals surface area (Å²) in [5.41, 5.74) is 0.784. The summed E-state index contributed by atoms with van der Waals surface area (Å²) in [6.45, 7) is 4.34. The fraction of sp³-hybridized carbons (Fsp3) is 0.450. The molecule has 0 bridgehead atoms. The van der Waals surface area contributed by atoms with Crippen molar-refractivity contribution in [2.75, 3.05) is 12.5 Å². The van der Waals surface area contributed by atoms with Gasteiger partial charge in [0.25, 0.3) is 0 Å². The van der Waals surface area contributed by atoms with E-state index in [1.165, 1.54) is 11.8 Å². The van der Waals surface area contributed by atoms with Crippen molar-refractivity contribution in [3.63, 3.8) is 0 Å². The Morgan fingerprint density at radius 2 is 2.00 bits per heavy atom. The summed E-state index contributed by atoms with van der Waals surface area (Å²) >= 11 is 7.68. The van der Waals surface area contributed by atoms with Gasteiger partial charge in [-0.1, -0.05) is 25.4 Å². The summed E-state index contributed by atoms with van der Waals surface area (Å²) in [4.78, 5) is 27.5. The quantitative estimate of drug-likeness (QED) is 0.399. The summed E-state index contributed by atoms with van der Waals surface area (Å²) in [5.74, 6) is 0.318. The lowest BCUT2D eigenvalue weighted by molar-refractivity contribution is -0.137. The molecule has 0 spiro atoms. The Kier molecular flexibility index (Phi) is 7.14. The number of carboxylic acids is 2. The van der Waals surface area contributed by atoms with Gasteiger partial charge >= 0.3 is 11.9 Å². The number of rotatable bonds is 10. The van der Waals surface area contributed by atoms with Crippen molar-refractivity contribution >= 4 is 35.3 Å². The zero-order chi connectivity index (χ0) is 21.8. The zero-order valence-electron chi connectivity index (χ0n) is 16.7. The summed E-state index contributed by atoms with van der Waals surface area (Å²) in [6, 6.07) is 3.43. The molecule has 0 fully saturated rings. The van der Waals surface area contributed by atoms with Crippen molar-refractivity contribution in [3.8, 4) is 11.5 Å². The highest BCUT2D eigenvalue weighted by Gasteiger charge is 2.26. The molecule has 8 nitrogen and oxygen atoms in total. The third kappa shape index (κ3) is 4.84. The van der Waals surface area contributed by atoms with Crippen molar-refractivity contribution < 1.29 is 29.3 Å². The fourth-order valence-corrected chi connectivity index (χ4v) is 4.30. The molecular formula is C20H23ClN2O6S. The van der Waals surface area contributed by atoms with Crippen LogP contribution in [0.25, 0.3) is 0 Å². The van der Waals surface area contributed by atoms with Crippen molar-refractivity contribution in [3.05, 3.63) is 34.2 Å². The zero-order valence-corrected chi connectivity index (χ0v) is 18.3. The molecule has 162 valence electrons. The number of aromatic nitrogens is 2. The molecule has 1 aliphatic heterocycles. The van der Waals surface area contributed by atoms with E-state index in [0.717, 1.165) is 6.42 Å². The highest BCUT2D eigenvalue weighted by molar-refractivity contribution is 7.99. The number of imidazole rings is 1. The van der Waals surface area contributed by atoms with Gasteiger partial charge in [-0.3, -0.25) is 4.79 Å². The van der Waals surface area contributed by atoms with Crippen LogP contribution in [0.1, 0.15) is 60.9 Å². The van der Waals surface area contributed by atoms with Crippen LogP contribution in [-0.2, 0) is 11.3 Å². The first-order valence-electron chi connectivity index (χ1n) is 9.58. The van der Waals surface area contributed by atoms with E-state index in [2.05, 4.69) is 4.98 Å². The van der Waals surface area contributed by atoms with Gasteiger partial charge in [-0.25, -0.2) is 9.78 Å². The van der Waals surface area contributed by atoms with Crippen molar-refractivity contribution in [1.29, 1.82) is 0 Å². The van der Waals surface area contributed by atoms with Crippen LogP contribution in [0, 0.1) is 0 Å². The van der Waals surface area contributed by atoms with Crippen LogP contribution >= 0.6 is 23.4 Å². The van der Waals surface area contributed by atoms with Gasteiger partial charge in [0.2, 0.25) is 6.79 Å². The lowest BCUT2D eigenvalue weighted by Gasteiger charge is -2.15. The number of carbonyl (C=O) groups is 2. The maximum Gasteiger partial charge on any atom is 0.355 e. The third-order valence-electron chi connectivity index (χ3n) is 4.86. The second-order valence-electron chi connectivity index (χ2n) is 6.97. The fourth-order valence-electron chi connectivity index (χ4n) is 3.12. The number of benzene rings is 1. The minimum Gasteiger partial charge on any atom is -0.481 e. The molecule has 1 aliphatic rings. The summed E-state index contributed by atoms with van der Waals surface area (Å²) in [7, 11) is 0. The van der Waals surface area contributed by atoms with Gasteiger partial charge in [-0.05, 0) is 24.5 Å². The number of aromatic carboxylic acids is 1. The largest absolute Gasteiger partial charge is 0.481 e. The minimum absolute atomic E-state index is 0.0289. The van der Waals surface area contributed by atoms with Crippen molar-refractivity contribution in [2.24, 2.45) is 0 Å². The molecule has 1 aromatic carbocycles. The molecule has 2 aromatic rings. The monoisotopic (exact) mass is 454 g/mol. The topological polar surface area (TPSA) is 111 Å². The van der Waals surface area contributed by atoms with Gasteiger partial charge in [0, 0.05) is 29.2 Å². The molecule has 0 aliphatic carbocycles. The molecule has 1 unspecified atom stereocenters. The molecular weight excluding hydrogens is 432 g/mol. The Morgan fingerprint density at radius 3 is 2.63 bits per heavy atom. The Bertz CT molecular complexity index is 961. The number of ether oxygens (including phenoxy) is 2. The average molecular weight is 455 g/mol. The molecule has 3 rings (SSSR count). The van der Waals surface area contributed by atoms with Gasteiger partial charge in [-0.2, -0.15) is 0 Å². The predicted octanol–water partition coefficient (Wildman–Crippen LogP) is 4.48. The van der Waals surface area contributed by atoms with Gasteiger partial charge in [0.05, 0.1) is 6.54 Å². The minimum atomic E-state index is -1.09. The first-order chi connectivity index (χ1) is 14.3. The number of carboxylic acid groups (broad SMARTS) is 2. The van der Waals surface area contributed by atoms with E-state index < -0.39 is 11.9 Å². The van der Waals surface area contributed by atoms with Crippen molar-refractivity contribution in [1.82, 2.24) is 9.55 Å². The molecule has 0 radical (unpaired) electrons. The molecule has 1 atom stereocenters. The molecule has 0 saturated heterocycles. The number of nitrogens with zero attached hydrogens (tertiary/aromatic N) is 2. The molecule has 2 N–H and O–H groups in total. The summed E-state index contributed by atoms with van der Waals surface area (Å²) in [6.07, 6.45) is 1.24. The van der Waals surface area contributed by atoms with Crippen molar-refractivity contribution in [2.45, 2.75) is 50.6 Å². The molecule has 0 saturated carbocycles. The van der Waals surface area contributed by atoms with Crippen LogP contribution in [0.4, 0.5) is 0 Å². The van der Waals surface area contributed by atoms with E-state index >= 15 is 0 Å². The number of thioether (sulfide) groups is 1. The Morgan fingerprint density at radius 1 is 1.30 bits per heavy atom. The van der Waals surface area contributed by atoms with Crippen LogP contribution in [-0.4, -0.2) is 44.2 Å². The Balaban J connectivity index is 1.97. The van der Waals surface area contributed by atoms with Gasteiger partial charge in [-0.15, -0.1) is 11.8 Å². The first kappa shape index (κ1) is 22.3. The van der Waals surface area contributed by atoms with Gasteiger partial charge in [0.1, 0.15) is 10.9 Å². The van der Waals surface area contributed by atoms with Crippen LogP contribution in [0.3, 0.4) is 0 Å². The second kappa shape index (κ2) is 9.61. The third-order valence-corrected chi connectivity index (χ3v) is 6.27. The molecule has 1 aromatic heterocycles. The molecule has 10 heteroatoms. The van der Waals surface area contributed by atoms with Gasteiger partial charge < -0.3 is 24.3 Å². The standard InChI is InChI=1S/C20H23ClN2O6S/c1-3-11(2)18-22-19(30-6-4-5-16(24)25)17(20(26)27)23(18)9-12-7-14-15(8-13(12)21)29-10-28-14/h7-8,11H,3-6,9-10H2,1-2H3,(H,24,25)(H,26,27). The van der Waals surface area contributed by atoms with E-state index in [1.807, 2.05) is 13.8 Å². The number of hydrogen-bond donors (Lipinski definition) is 2. The Hall–Kier alpha value is -2.39. The van der Waals surface area contributed by atoms with Crippen LogP contribution in [0.5, 0.6) is 11.5 Å². The highest BCUT2D eigenvalue weighted by Crippen LogP contribution is 2.38. The van der Waals surface area contributed by atoms with E-state index in [9.17, 15) is 14.7 Å². The lowest BCUT2D eigenvalue weighted by atomic mass is 10.1. The summed E-state index contributed by atoms with van der Waals surface area (Å²) < 4.78 is 12.4. The van der Waals surface area contributed by atoms with E-state index in [1.54, 1.807) is 16.7 Å². The highest BCUT2D eigenvalue weighted by atomic mass is 35.5. The maximum absolute atomic E-state index is 12.1. The smallest absolute Gasteiger partial charge is 0.355 e. The van der Waals surface area contributed by atoms with E-state index in [0.29, 0.717) is 45.1 Å². The lowest BCUT2D eigenvalue weighted by Crippen LogP contribution is -2.14. The predicted molar refractivity (Wildman–Crippen MR) is 112 cm³/mol. The normalized spacial score (nSPS) is 13.4. The van der Waals surface area contributed by atoms with Crippen LogP contribution in [0.15, 0.2) is 17.2 Å². The molecule has 2 heterocycles. The second-order valence-corrected chi connectivity index (χ2v) is 8.46. The Labute approximate surface area is 183 Å². The first-order valence-corrected chi connectivity index (χ1v) is 10.9. The summed E-state index contributed by atoms with van der Waals surface area (Å²) in [5, 5.41) is 19.6.